The van der Waals surface area contributed by atoms with Crippen molar-refractivity contribution in [2.45, 2.75) is 0 Å². The fourth-order valence-electron chi connectivity index (χ4n) is 2.91. The Hall–Kier alpha value is -2.41. The topological polar surface area (TPSA) is 4.93 Å². The maximum absolute atomic E-state index is 5.96. The van der Waals surface area contributed by atoms with Gasteiger partial charge >= 0.3 is 0 Å². The Morgan fingerprint density at radius 1 is 0.619 bits per heavy atom. The van der Waals surface area contributed by atoms with Crippen LogP contribution < -0.4 is 10.9 Å². The van der Waals surface area contributed by atoms with Gasteiger partial charge in [0.15, 0.2) is 0 Å². The van der Waals surface area contributed by atoms with E-state index in [0.717, 1.165) is 38.4 Å². The largest absolute Gasteiger partial charge is 0.309 e. The number of aromatic nitrogens is 1. The van der Waals surface area contributed by atoms with Crippen LogP contribution in [0.25, 0.3) is 27.5 Å². The molecule has 0 N–H and O–H groups in total. The van der Waals surface area contributed by atoms with Crippen LogP contribution in [-0.2, 0) is 0 Å². The van der Waals surface area contributed by atoms with Gasteiger partial charge in [-0.15, -0.1) is 0 Å². The zero-order valence-corrected chi connectivity index (χ0v) is 11.5. The van der Waals surface area contributed by atoms with Gasteiger partial charge in [0.2, 0.25) is 0 Å². The van der Waals surface area contributed by atoms with Crippen molar-refractivity contribution in [3.63, 3.8) is 0 Å². The fourth-order valence-corrected chi connectivity index (χ4v) is 2.91. The van der Waals surface area contributed by atoms with E-state index in [2.05, 4.69) is 28.8 Å². The summed E-state index contributed by atoms with van der Waals surface area (Å²) >= 11 is 0. The number of hydrogen-bond acceptors (Lipinski definition) is 0. The van der Waals surface area contributed by atoms with Gasteiger partial charge in [-0.05, 0) is 24.3 Å². The molecule has 0 amide bonds. The molecule has 0 saturated carbocycles. The highest BCUT2D eigenvalue weighted by atomic mass is 15.0. The molecule has 4 radical (unpaired) electrons. The Bertz CT molecular complexity index is 896. The molecule has 94 valence electrons. The molecule has 0 atom stereocenters. The minimum Gasteiger partial charge on any atom is -0.309 e. The molecule has 4 rings (SSSR count). The summed E-state index contributed by atoms with van der Waals surface area (Å²) in [5.74, 6) is 0. The lowest BCUT2D eigenvalue weighted by atomic mass is 9.92. The summed E-state index contributed by atoms with van der Waals surface area (Å²) in [6.07, 6.45) is 0. The molecule has 4 aromatic rings. The Kier molecular flexibility index (Phi) is 2.68. The van der Waals surface area contributed by atoms with E-state index in [1.165, 1.54) is 0 Å². The summed E-state index contributed by atoms with van der Waals surface area (Å²) in [5, 5.41) is 2.25. The molecule has 0 unspecified atom stereocenters. The predicted octanol–water partition coefficient (Wildman–Crippen LogP) is 2.37. The Morgan fingerprint density at radius 2 is 1.14 bits per heavy atom. The van der Waals surface area contributed by atoms with Gasteiger partial charge < -0.3 is 4.57 Å². The minimum absolute atomic E-state index is 0.761. The van der Waals surface area contributed by atoms with Crippen molar-refractivity contribution in [3.05, 3.63) is 66.7 Å². The molecule has 0 saturated heterocycles. The average Bonchev–Trinajstić information content (AvgIpc) is 2.81. The van der Waals surface area contributed by atoms with E-state index in [1.807, 2.05) is 42.5 Å². The molecular formula is C18H11B2N. The zero-order valence-electron chi connectivity index (χ0n) is 11.5. The van der Waals surface area contributed by atoms with Crippen LogP contribution >= 0.6 is 0 Å². The quantitative estimate of drug-likeness (QED) is 0.464. The lowest BCUT2D eigenvalue weighted by molar-refractivity contribution is 1.18. The monoisotopic (exact) mass is 263 g/mol. The first-order valence-corrected chi connectivity index (χ1v) is 6.88. The average molecular weight is 263 g/mol. The molecule has 0 bridgehead atoms. The minimum atomic E-state index is 0.761. The Labute approximate surface area is 126 Å². The molecule has 21 heavy (non-hydrogen) atoms. The first-order chi connectivity index (χ1) is 10.2. The van der Waals surface area contributed by atoms with Crippen LogP contribution in [0.2, 0.25) is 0 Å². The molecule has 0 fully saturated rings. The molecule has 1 heterocycles. The maximum Gasteiger partial charge on any atom is 0.113 e. The fraction of sp³-hybridized carbons (Fsp3) is 0. The SMILES string of the molecule is [B]c1ccc2c(c1)c1cc([B])ccc1n2-c1ccccc1. The smallest absolute Gasteiger partial charge is 0.113 e. The first-order valence-electron chi connectivity index (χ1n) is 6.88. The van der Waals surface area contributed by atoms with Crippen molar-refractivity contribution in [3.8, 4) is 5.69 Å². The van der Waals surface area contributed by atoms with Gasteiger partial charge in [-0.3, -0.25) is 0 Å². The number of fused-ring (bicyclic) bond motifs is 3. The van der Waals surface area contributed by atoms with E-state index in [-0.39, 0.29) is 0 Å². The van der Waals surface area contributed by atoms with Crippen molar-refractivity contribution in [1.29, 1.82) is 0 Å². The third-order valence-corrected chi connectivity index (χ3v) is 3.83. The van der Waals surface area contributed by atoms with Gasteiger partial charge in [0.1, 0.15) is 15.7 Å². The van der Waals surface area contributed by atoms with Crippen LogP contribution in [0.1, 0.15) is 0 Å². The normalized spacial score (nSPS) is 11.2. The molecule has 1 aromatic heterocycles. The summed E-state index contributed by atoms with van der Waals surface area (Å²) in [6.45, 7) is 0. The number of para-hydroxylation sites is 1. The molecule has 3 heteroatoms. The third kappa shape index (κ3) is 1.89. The molecule has 0 spiro atoms. The standard InChI is InChI=1S/C18H11B2N/c19-12-6-8-17-15(10-12)16-11-13(20)7-9-18(16)21(17)14-4-2-1-3-5-14/h1-11H. The summed E-state index contributed by atoms with van der Waals surface area (Å²) in [4.78, 5) is 0. The van der Waals surface area contributed by atoms with Gasteiger partial charge in [0.05, 0.1) is 11.0 Å². The number of hydrogen-bond donors (Lipinski definition) is 0. The van der Waals surface area contributed by atoms with Gasteiger partial charge in [-0.1, -0.05) is 53.4 Å². The van der Waals surface area contributed by atoms with Crippen LogP contribution in [0.3, 0.4) is 0 Å². The molecule has 0 aliphatic heterocycles. The zero-order chi connectivity index (χ0) is 14.4. The summed E-state index contributed by atoms with van der Waals surface area (Å²) in [5.41, 5.74) is 4.92. The van der Waals surface area contributed by atoms with Crippen LogP contribution in [-0.4, -0.2) is 20.3 Å². The van der Waals surface area contributed by atoms with Crippen molar-refractivity contribution in [2.75, 3.05) is 0 Å². The Balaban J connectivity index is 2.22. The third-order valence-electron chi connectivity index (χ3n) is 3.83. The molecule has 0 aliphatic carbocycles. The van der Waals surface area contributed by atoms with Crippen LogP contribution in [0.5, 0.6) is 0 Å². The number of nitrogens with zero attached hydrogens (tertiary/aromatic N) is 1. The van der Waals surface area contributed by atoms with E-state index in [4.69, 9.17) is 15.7 Å². The second-order valence-corrected chi connectivity index (χ2v) is 5.22. The van der Waals surface area contributed by atoms with Gasteiger partial charge in [0, 0.05) is 16.5 Å². The lowest BCUT2D eigenvalue weighted by Crippen LogP contribution is -2.00. The van der Waals surface area contributed by atoms with E-state index >= 15 is 0 Å². The van der Waals surface area contributed by atoms with E-state index < -0.39 is 0 Å². The number of rotatable bonds is 1. The molecule has 0 aliphatic rings. The van der Waals surface area contributed by atoms with Crippen molar-refractivity contribution >= 4 is 48.4 Å². The van der Waals surface area contributed by atoms with Crippen molar-refractivity contribution in [2.24, 2.45) is 0 Å². The summed E-state index contributed by atoms with van der Waals surface area (Å²) in [6, 6.07) is 22.3. The van der Waals surface area contributed by atoms with Crippen LogP contribution in [0.4, 0.5) is 0 Å². The van der Waals surface area contributed by atoms with Crippen molar-refractivity contribution in [1.82, 2.24) is 4.57 Å². The molecule has 1 nitrogen and oxygen atoms in total. The second-order valence-electron chi connectivity index (χ2n) is 5.22. The van der Waals surface area contributed by atoms with Gasteiger partial charge in [-0.2, -0.15) is 0 Å². The van der Waals surface area contributed by atoms with Crippen LogP contribution in [0, 0.1) is 0 Å². The van der Waals surface area contributed by atoms with E-state index in [9.17, 15) is 0 Å². The summed E-state index contributed by atoms with van der Waals surface area (Å²) < 4.78 is 2.24. The van der Waals surface area contributed by atoms with Gasteiger partial charge in [-0.25, -0.2) is 0 Å². The number of benzene rings is 3. The van der Waals surface area contributed by atoms with E-state index in [1.54, 1.807) is 0 Å². The lowest BCUT2D eigenvalue weighted by Gasteiger charge is -2.07. The molecule has 3 aromatic carbocycles. The molecular weight excluding hydrogens is 252 g/mol. The van der Waals surface area contributed by atoms with Crippen LogP contribution in [0.15, 0.2) is 66.7 Å². The first kappa shape index (κ1) is 12.3. The predicted molar refractivity (Wildman–Crippen MR) is 91.6 cm³/mol. The van der Waals surface area contributed by atoms with E-state index in [0.29, 0.717) is 0 Å². The highest BCUT2D eigenvalue weighted by Crippen LogP contribution is 2.30. The highest BCUT2D eigenvalue weighted by molar-refractivity contribution is 6.35. The second kappa shape index (κ2) is 4.56. The maximum atomic E-state index is 5.96. The Morgan fingerprint density at radius 3 is 1.67 bits per heavy atom. The highest BCUT2D eigenvalue weighted by Gasteiger charge is 2.11. The summed E-state index contributed by atoms with van der Waals surface area (Å²) in [7, 11) is 11.9. The van der Waals surface area contributed by atoms with Gasteiger partial charge in [0.25, 0.3) is 0 Å². The van der Waals surface area contributed by atoms with Crippen molar-refractivity contribution < 1.29 is 0 Å².